The molecule has 7 heteroatoms. The maximum absolute atomic E-state index is 13.1. The van der Waals surface area contributed by atoms with Crippen molar-refractivity contribution < 1.29 is 14.0 Å². The summed E-state index contributed by atoms with van der Waals surface area (Å²) >= 11 is 0. The molecule has 0 saturated heterocycles. The Morgan fingerprint density at radius 3 is 2.60 bits per heavy atom. The highest BCUT2D eigenvalue weighted by atomic mass is 19.1. The van der Waals surface area contributed by atoms with Crippen molar-refractivity contribution in [2.45, 2.75) is 19.4 Å². The molecule has 0 saturated carbocycles. The van der Waals surface area contributed by atoms with Crippen LogP contribution in [0.15, 0.2) is 66.9 Å². The summed E-state index contributed by atoms with van der Waals surface area (Å²) < 4.78 is 13.1. The van der Waals surface area contributed by atoms with E-state index < -0.39 is 0 Å². The van der Waals surface area contributed by atoms with Crippen LogP contribution in [0.5, 0.6) is 0 Å². The molecule has 0 radical (unpaired) electrons. The van der Waals surface area contributed by atoms with Gasteiger partial charge in [0.15, 0.2) is 0 Å². The molecule has 0 aliphatic carbocycles. The summed E-state index contributed by atoms with van der Waals surface area (Å²) in [6, 6.07) is 16.0. The molecule has 6 nitrogen and oxygen atoms in total. The van der Waals surface area contributed by atoms with Crippen LogP contribution in [0, 0.1) is 5.82 Å². The number of carbonyl (C=O) groups is 2. The quantitative estimate of drug-likeness (QED) is 0.681. The molecule has 1 aliphatic rings. The monoisotopic (exact) mass is 404 g/mol. The molecule has 1 aromatic heterocycles. The second kappa shape index (κ2) is 8.32. The number of aromatic nitrogens is 1. The summed E-state index contributed by atoms with van der Waals surface area (Å²) in [4.78, 5) is 31.5. The lowest BCUT2D eigenvalue weighted by Crippen LogP contribution is -2.33. The van der Waals surface area contributed by atoms with E-state index in [1.54, 1.807) is 23.2 Å². The van der Waals surface area contributed by atoms with E-state index in [2.05, 4.69) is 15.6 Å². The third-order valence-electron chi connectivity index (χ3n) is 5.09. The molecule has 2 heterocycles. The highest BCUT2D eigenvalue weighted by Gasteiger charge is 2.28. The number of rotatable bonds is 4. The van der Waals surface area contributed by atoms with E-state index in [0.29, 0.717) is 29.9 Å². The highest BCUT2D eigenvalue weighted by molar-refractivity contribution is 6.05. The lowest BCUT2D eigenvalue weighted by molar-refractivity contribution is 0.0938. The third-order valence-corrected chi connectivity index (χ3v) is 5.09. The molecule has 30 heavy (non-hydrogen) atoms. The number of hydrogen-bond donors (Lipinski definition) is 2. The number of urea groups is 1. The summed E-state index contributed by atoms with van der Waals surface area (Å²) in [5.41, 5.74) is 3.37. The number of benzene rings is 2. The fourth-order valence-electron chi connectivity index (χ4n) is 3.56. The largest absolute Gasteiger partial charge is 0.344 e. The van der Waals surface area contributed by atoms with Gasteiger partial charge in [0.1, 0.15) is 5.82 Å². The molecule has 0 fully saturated rings. The topological polar surface area (TPSA) is 74.3 Å². The Balaban J connectivity index is 1.50. The van der Waals surface area contributed by atoms with Gasteiger partial charge in [-0.15, -0.1) is 0 Å². The van der Waals surface area contributed by atoms with Crippen molar-refractivity contribution in [3.8, 4) is 0 Å². The first kappa shape index (κ1) is 19.6. The number of hydrogen-bond acceptors (Lipinski definition) is 3. The smallest absolute Gasteiger partial charge is 0.326 e. The Hall–Kier alpha value is -3.74. The Bertz CT molecular complexity index is 1070. The van der Waals surface area contributed by atoms with E-state index in [0.717, 1.165) is 11.3 Å². The second-order valence-corrected chi connectivity index (χ2v) is 7.09. The minimum Gasteiger partial charge on any atom is -0.344 e. The molecule has 2 aromatic carbocycles. The summed E-state index contributed by atoms with van der Waals surface area (Å²) in [7, 11) is 0. The van der Waals surface area contributed by atoms with Crippen molar-refractivity contribution in [1.29, 1.82) is 0 Å². The maximum atomic E-state index is 13.1. The number of amides is 3. The zero-order valence-corrected chi connectivity index (χ0v) is 16.4. The summed E-state index contributed by atoms with van der Waals surface area (Å²) in [5.74, 6) is -0.569. The van der Waals surface area contributed by atoms with Crippen LogP contribution in [-0.2, 0) is 6.42 Å². The minimum atomic E-state index is -0.366. The first-order valence-corrected chi connectivity index (χ1v) is 9.70. The molecule has 1 atom stereocenters. The fourth-order valence-corrected chi connectivity index (χ4v) is 3.56. The van der Waals surface area contributed by atoms with Crippen molar-refractivity contribution in [2.24, 2.45) is 0 Å². The molecule has 0 bridgehead atoms. The Morgan fingerprint density at radius 2 is 1.87 bits per heavy atom. The Labute approximate surface area is 173 Å². The molecular weight excluding hydrogens is 383 g/mol. The van der Waals surface area contributed by atoms with E-state index in [-0.39, 0.29) is 23.8 Å². The predicted octanol–water partition coefficient (Wildman–Crippen LogP) is 4.31. The van der Waals surface area contributed by atoms with Gasteiger partial charge < -0.3 is 10.6 Å². The molecule has 1 aliphatic heterocycles. The van der Waals surface area contributed by atoms with E-state index >= 15 is 0 Å². The van der Waals surface area contributed by atoms with Crippen molar-refractivity contribution in [3.05, 3.63) is 89.5 Å². The van der Waals surface area contributed by atoms with E-state index in [1.807, 2.05) is 31.2 Å². The SMILES string of the molecule is C[C@@H](NC(=O)c1cccc2c1CCN2C(=O)Nc1ccc(F)cc1)c1ccccn1. The van der Waals surface area contributed by atoms with Gasteiger partial charge in [0.05, 0.1) is 11.7 Å². The maximum Gasteiger partial charge on any atom is 0.326 e. The van der Waals surface area contributed by atoms with Crippen molar-refractivity contribution >= 4 is 23.3 Å². The van der Waals surface area contributed by atoms with Crippen LogP contribution in [0.3, 0.4) is 0 Å². The number of nitrogens with one attached hydrogen (secondary N) is 2. The third kappa shape index (κ3) is 4.00. The van der Waals surface area contributed by atoms with Gasteiger partial charge in [-0.3, -0.25) is 14.7 Å². The number of anilines is 2. The molecule has 0 spiro atoms. The molecule has 152 valence electrons. The summed E-state index contributed by atoms with van der Waals surface area (Å²) in [6.07, 6.45) is 2.27. The number of nitrogens with zero attached hydrogens (tertiary/aromatic N) is 2. The van der Waals surface area contributed by atoms with Crippen LogP contribution in [0.2, 0.25) is 0 Å². The van der Waals surface area contributed by atoms with Crippen LogP contribution in [-0.4, -0.2) is 23.5 Å². The first-order chi connectivity index (χ1) is 14.5. The number of pyridine rings is 1. The zero-order chi connectivity index (χ0) is 21.1. The molecular formula is C23H21FN4O2. The molecule has 4 rings (SSSR count). The highest BCUT2D eigenvalue weighted by Crippen LogP contribution is 2.31. The predicted molar refractivity (Wildman–Crippen MR) is 113 cm³/mol. The van der Waals surface area contributed by atoms with Crippen LogP contribution >= 0.6 is 0 Å². The van der Waals surface area contributed by atoms with Gasteiger partial charge in [0, 0.05) is 29.7 Å². The van der Waals surface area contributed by atoms with Gasteiger partial charge in [-0.05, 0) is 67.4 Å². The minimum absolute atomic E-state index is 0.203. The lowest BCUT2D eigenvalue weighted by atomic mass is 10.0. The standard InChI is InChI=1S/C23H21FN4O2/c1-15(20-6-2-3-13-25-20)26-22(29)19-5-4-7-21-18(19)12-14-28(21)23(30)27-17-10-8-16(24)9-11-17/h2-11,13,15H,12,14H2,1H3,(H,26,29)(H,27,30)/t15-/m1/s1. The summed E-state index contributed by atoms with van der Waals surface area (Å²) in [5, 5.41) is 5.74. The number of carbonyl (C=O) groups excluding carboxylic acids is 2. The average molecular weight is 404 g/mol. The average Bonchev–Trinajstić information content (AvgIpc) is 3.20. The van der Waals surface area contributed by atoms with E-state index in [9.17, 15) is 14.0 Å². The molecule has 2 N–H and O–H groups in total. The van der Waals surface area contributed by atoms with Crippen molar-refractivity contribution in [2.75, 3.05) is 16.8 Å². The van der Waals surface area contributed by atoms with Gasteiger partial charge in [-0.2, -0.15) is 0 Å². The van der Waals surface area contributed by atoms with E-state index in [1.165, 1.54) is 24.3 Å². The molecule has 3 amide bonds. The van der Waals surface area contributed by atoms with Gasteiger partial charge in [-0.25, -0.2) is 9.18 Å². The second-order valence-electron chi connectivity index (χ2n) is 7.09. The summed E-state index contributed by atoms with van der Waals surface area (Å²) in [6.45, 7) is 2.34. The van der Waals surface area contributed by atoms with Crippen molar-refractivity contribution in [1.82, 2.24) is 10.3 Å². The fraction of sp³-hybridized carbons (Fsp3) is 0.174. The van der Waals surface area contributed by atoms with Crippen molar-refractivity contribution in [3.63, 3.8) is 0 Å². The van der Waals surface area contributed by atoms with Crippen LogP contribution in [0.1, 0.15) is 34.6 Å². The van der Waals surface area contributed by atoms with Gasteiger partial charge in [0.2, 0.25) is 0 Å². The number of fused-ring (bicyclic) bond motifs is 1. The number of halogens is 1. The Morgan fingerprint density at radius 1 is 1.07 bits per heavy atom. The first-order valence-electron chi connectivity index (χ1n) is 9.70. The molecule has 3 aromatic rings. The van der Waals surface area contributed by atoms with Gasteiger partial charge in [0.25, 0.3) is 5.91 Å². The van der Waals surface area contributed by atoms with Crippen LogP contribution < -0.4 is 15.5 Å². The van der Waals surface area contributed by atoms with Crippen LogP contribution in [0.25, 0.3) is 0 Å². The van der Waals surface area contributed by atoms with Crippen LogP contribution in [0.4, 0.5) is 20.6 Å². The van der Waals surface area contributed by atoms with E-state index in [4.69, 9.17) is 0 Å². The normalized spacial score (nSPS) is 13.5. The van der Waals surface area contributed by atoms with Gasteiger partial charge >= 0.3 is 6.03 Å². The lowest BCUT2D eigenvalue weighted by Gasteiger charge is -2.19. The zero-order valence-electron chi connectivity index (χ0n) is 16.4. The Kier molecular flexibility index (Phi) is 5.43. The van der Waals surface area contributed by atoms with Gasteiger partial charge in [-0.1, -0.05) is 12.1 Å². The molecule has 0 unspecified atom stereocenters.